The number of nitrogens with two attached hydrogens (primary N) is 1. The molecule has 0 radical (unpaired) electrons. The third-order valence-corrected chi connectivity index (χ3v) is 0. The number of hydrogen-bond acceptors (Lipinski definition) is 2. The molecule has 0 bridgehead atoms. The van der Waals surface area contributed by atoms with Gasteiger partial charge in [-0.05, 0) is 20.8 Å². The molecular formula is C5H12CrN2O. The number of carbonyl (C=O) groups excluding carboxylic acids is 1. The SMILES string of the molecule is CC(=N)N.CC(C)=O.[Cr]. The van der Waals surface area contributed by atoms with Crippen molar-refractivity contribution in [3.05, 3.63) is 0 Å². The molecule has 0 rings (SSSR count). The predicted octanol–water partition coefficient (Wildman–Crippen LogP) is 0.535. The number of ketones is 1. The predicted molar refractivity (Wildman–Crippen MR) is 33.9 cm³/mol. The molecule has 0 aliphatic carbocycles. The largest absolute Gasteiger partial charge is 0.388 e. The minimum Gasteiger partial charge on any atom is -0.388 e. The van der Waals surface area contributed by atoms with Crippen molar-refractivity contribution in [3.63, 3.8) is 0 Å². The molecular weight excluding hydrogens is 156 g/mol. The Balaban J connectivity index is -0.0000000720. The van der Waals surface area contributed by atoms with Crippen molar-refractivity contribution in [3.8, 4) is 0 Å². The average Bonchev–Trinajstić information content (AvgIpc) is 1.25. The summed E-state index contributed by atoms with van der Waals surface area (Å²) in [5.41, 5.74) is 4.69. The molecule has 0 unspecified atom stereocenters. The second-order valence-corrected chi connectivity index (χ2v) is 1.59. The van der Waals surface area contributed by atoms with Crippen LogP contribution in [0.5, 0.6) is 0 Å². The third-order valence-electron chi connectivity index (χ3n) is 0. The molecule has 0 aromatic heterocycles. The summed E-state index contributed by atoms with van der Waals surface area (Å²) in [4.78, 5) is 9.44. The molecule has 0 aromatic carbocycles. The van der Waals surface area contributed by atoms with E-state index in [1.54, 1.807) is 0 Å². The molecule has 0 amide bonds. The molecule has 54 valence electrons. The van der Waals surface area contributed by atoms with Crippen molar-refractivity contribution >= 4 is 11.6 Å². The number of Topliss-reactive ketones (excluding diaryl/α,β-unsaturated/α-hetero) is 1. The third kappa shape index (κ3) is 2300. The molecule has 0 aliphatic rings. The van der Waals surface area contributed by atoms with E-state index in [9.17, 15) is 4.79 Å². The maximum atomic E-state index is 9.44. The van der Waals surface area contributed by atoms with E-state index in [0.717, 1.165) is 0 Å². The van der Waals surface area contributed by atoms with Crippen LogP contribution in [0.4, 0.5) is 0 Å². The first-order valence-electron chi connectivity index (χ1n) is 2.24. The van der Waals surface area contributed by atoms with Crippen LogP contribution in [0.3, 0.4) is 0 Å². The van der Waals surface area contributed by atoms with Gasteiger partial charge >= 0.3 is 0 Å². The van der Waals surface area contributed by atoms with Gasteiger partial charge in [-0.25, -0.2) is 0 Å². The zero-order valence-electron chi connectivity index (χ0n) is 5.89. The topological polar surface area (TPSA) is 66.9 Å². The molecule has 0 heterocycles. The van der Waals surface area contributed by atoms with E-state index in [-0.39, 0.29) is 29.0 Å². The minimum atomic E-state index is 0. The summed E-state index contributed by atoms with van der Waals surface area (Å²) in [5, 5.41) is 6.28. The van der Waals surface area contributed by atoms with E-state index in [4.69, 9.17) is 11.1 Å². The number of rotatable bonds is 0. The average molecular weight is 168 g/mol. The molecule has 0 saturated heterocycles. The second-order valence-electron chi connectivity index (χ2n) is 1.59. The van der Waals surface area contributed by atoms with Gasteiger partial charge in [0.15, 0.2) is 0 Å². The first-order chi connectivity index (χ1) is 3.46. The number of nitrogens with one attached hydrogen (secondary N) is 1. The van der Waals surface area contributed by atoms with Gasteiger partial charge in [0.1, 0.15) is 5.78 Å². The van der Waals surface area contributed by atoms with E-state index in [0.29, 0.717) is 0 Å². The Kier molecular flexibility index (Phi) is 18.7. The molecule has 0 spiro atoms. The van der Waals surface area contributed by atoms with Crippen LogP contribution in [0, 0.1) is 5.41 Å². The Morgan fingerprint density at radius 3 is 1.33 bits per heavy atom. The summed E-state index contributed by atoms with van der Waals surface area (Å²) in [6.45, 7) is 4.58. The summed E-state index contributed by atoms with van der Waals surface area (Å²) in [5.74, 6) is 0.333. The molecule has 3 nitrogen and oxygen atoms in total. The molecule has 0 aromatic rings. The van der Waals surface area contributed by atoms with Crippen LogP contribution in [0.25, 0.3) is 0 Å². The smallest absolute Gasteiger partial charge is 0.126 e. The van der Waals surface area contributed by atoms with Crippen molar-refractivity contribution < 1.29 is 22.2 Å². The molecule has 3 N–H and O–H groups in total. The molecule has 0 aliphatic heterocycles. The van der Waals surface area contributed by atoms with Crippen LogP contribution in [0.15, 0.2) is 0 Å². The van der Waals surface area contributed by atoms with Crippen molar-refractivity contribution in [1.82, 2.24) is 0 Å². The Labute approximate surface area is 66.3 Å². The Hall–Kier alpha value is -0.328. The fourth-order valence-electron chi connectivity index (χ4n) is 0. The van der Waals surface area contributed by atoms with E-state index in [2.05, 4.69) is 0 Å². The molecule has 0 atom stereocenters. The normalized spacial score (nSPS) is 5.67. The zero-order valence-corrected chi connectivity index (χ0v) is 7.17. The van der Waals surface area contributed by atoms with Crippen LogP contribution >= 0.6 is 0 Å². The van der Waals surface area contributed by atoms with Gasteiger partial charge in [-0.3, -0.25) is 5.41 Å². The van der Waals surface area contributed by atoms with Gasteiger partial charge < -0.3 is 10.5 Å². The van der Waals surface area contributed by atoms with Gasteiger partial charge in [-0.15, -0.1) is 0 Å². The van der Waals surface area contributed by atoms with Crippen LogP contribution in [-0.4, -0.2) is 11.6 Å². The summed E-state index contributed by atoms with van der Waals surface area (Å²) in [6, 6.07) is 0. The maximum Gasteiger partial charge on any atom is 0.126 e. The summed E-state index contributed by atoms with van der Waals surface area (Å²) < 4.78 is 0. The Morgan fingerprint density at radius 1 is 1.33 bits per heavy atom. The van der Waals surface area contributed by atoms with Gasteiger partial charge in [0, 0.05) is 17.4 Å². The number of carbonyl (C=O) groups is 1. The van der Waals surface area contributed by atoms with Crippen molar-refractivity contribution in [2.24, 2.45) is 5.73 Å². The summed E-state index contributed by atoms with van der Waals surface area (Å²) >= 11 is 0. The van der Waals surface area contributed by atoms with E-state index >= 15 is 0 Å². The maximum absolute atomic E-state index is 9.44. The van der Waals surface area contributed by atoms with Gasteiger partial charge in [-0.1, -0.05) is 0 Å². The van der Waals surface area contributed by atoms with E-state index in [1.165, 1.54) is 20.8 Å². The summed E-state index contributed by atoms with van der Waals surface area (Å²) in [6.07, 6.45) is 0. The monoisotopic (exact) mass is 168 g/mol. The van der Waals surface area contributed by atoms with Gasteiger partial charge in [0.2, 0.25) is 0 Å². The Bertz CT molecular complexity index is 73.0. The van der Waals surface area contributed by atoms with Crippen LogP contribution in [0.1, 0.15) is 20.8 Å². The molecule has 0 saturated carbocycles. The number of amidine groups is 1. The van der Waals surface area contributed by atoms with Crippen LogP contribution in [-0.2, 0) is 22.2 Å². The van der Waals surface area contributed by atoms with E-state index < -0.39 is 0 Å². The van der Waals surface area contributed by atoms with Crippen LogP contribution in [0.2, 0.25) is 0 Å². The zero-order chi connectivity index (χ0) is 7.15. The van der Waals surface area contributed by atoms with Gasteiger partial charge in [-0.2, -0.15) is 0 Å². The van der Waals surface area contributed by atoms with Crippen molar-refractivity contribution in [2.75, 3.05) is 0 Å². The minimum absolute atomic E-state index is 0. The first kappa shape index (κ1) is 15.9. The van der Waals surface area contributed by atoms with Gasteiger partial charge in [0.05, 0.1) is 5.84 Å². The van der Waals surface area contributed by atoms with Gasteiger partial charge in [0.25, 0.3) is 0 Å². The molecule has 9 heavy (non-hydrogen) atoms. The quantitative estimate of drug-likeness (QED) is 0.409. The standard InChI is InChI=1S/C3H6O.C2H6N2.Cr/c1-3(2)4;1-2(3)4;/h1-2H3;1H3,(H3,3,4);. The van der Waals surface area contributed by atoms with Crippen LogP contribution < -0.4 is 5.73 Å². The fraction of sp³-hybridized carbons (Fsp3) is 0.600. The first-order valence-corrected chi connectivity index (χ1v) is 2.24. The van der Waals surface area contributed by atoms with Crippen molar-refractivity contribution in [1.29, 1.82) is 5.41 Å². The fourth-order valence-corrected chi connectivity index (χ4v) is 0. The Morgan fingerprint density at radius 2 is 1.33 bits per heavy atom. The van der Waals surface area contributed by atoms with Crippen molar-refractivity contribution in [2.45, 2.75) is 20.8 Å². The summed E-state index contributed by atoms with van der Waals surface area (Å²) in [7, 11) is 0. The molecule has 4 heteroatoms. The van der Waals surface area contributed by atoms with E-state index in [1.807, 2.05) is 0 Å². The second kappa shape index (κ2) is 10.6. The molecule has 0 fully saturated rings. The number of hydrogen-bond donors (Lipinski definition) is 2.